The van der Waals surface area contributed by atoms with E-state index in [1.165, 1.54) is 12.1 Å². The number of aromatic nitrogens is 1. The quantitative estimate of drug-likeness (QED) is 0.569. The van der Waals surface area contributed by atoms with Gasteiger partial charge in [0.1, 0.15) is 0 Å². The number of amides is 2. The Bertz CT molecular complexity index is 1010. The van der Waals surface area contributed by atoms with E-state index in [0.29, 0.717) is 18.3 Å². The molecule has 1 aromatic carbocycles. The molecular weight excluding hydrogens is 442 g/mol. The van der Waals surface area contributed by atoms with Gasteiger partial charge in [-0.15, -0.1) is 0 Å². The topological polar surface area (TPSA) is 113 Å². The maximum Gasteiger partial charge on any atom is 0.319 e. The molecule has 2 atom stereocenters. The molecule has 1 aromatic heterocycles. The lowest BCUT2D eigenvalue weighted by atomic mass is 9.90. The van der Waals surface area contributed by atoms with Gasteiger partial charge in [-0.1, -0.05) is 12.5 Å². The number of carbonyl (C=O) groups excluding carboxylic acids is 1. The monoisotopic (exact) mass is 473 g/mol. The Morgan fingerprint density at radius 3 is 2.64 bits per heavy atom. The average Bonchev–Trinajstić information content (AvgIpc) is 2.84. The Balaban J connectivity index is 1.29. The molecule has 10 heteroatoms. The first-order valence-electron chi connectivity index (χ1n) is 11.4. The first-order valence-corrected chi connectivity index (χ1v) is 12.9. The van der Waals surface area contributed by atoms with Crippen molar-refractivity contribution in [3.63, 3.8) is 0 Å². The van der Waals surface area contributed by atoms with Crippen LogP contribution in [0.15, 0.2) is 53.7 Å². The van der Waals surface area contributed by atoms with Crippen LogP contribution >= 0.6 is 0 Å². The summed E-state index contributed by atoms with van der Waals surface area (Å²) in [6.45, 7) is 3.66. The summed E-state index contributed by atoms with van der Waals surface area (Å²) in [6.07, 6.45) is 7.12. The lowest BCUT2D eigenvalue weighted by molar-refractivity contribution is 0.00628. The Hall–Kier alpha value is -2.53. The van der Waals surface area contributed by atoms with E-state index in [0.717, 1.165) is 57.6 Å². The maximum atomic E-state index is 12.9. The Morgan fingerprint density at radius 2 is 1.91 bits per heavy atom. The van der Waals surface area contributed by atoms with Gasteiger partial charge in [0.25, 0.3) is 0 Å². The number of pyridine rings is 1. The molecule has 1 saturated carbocycles. The molecule has 1 aliphatic heterocycles. The second-order valence-electron chi connectivity index (χ2n) is 8.48. The first kappa shape index (κ1) is 23.6. The molecule has 178 valence electrons. The van der Waals surface area contributed by atoms with E-state index in [4.69, 9.17) is 4.74 Å². The minimum Gasteiger partial charge on any atom is -0.379 e. The van der Waals surface area contributed by atoms with Crippen LogP contribution in [-0.4, -0.2) is 62.7 Å². The first-order chi connectivity index (χ1) is 16.0. The molecule has 2 heterocycles. The summed E-state index contributed by atoms with van der Waals surface area (Å²) in [5.74, 6) is 0. The van der Waals surface area contributed by atoms with E-state index in [-0.39, 0.29) is 17.0 Å². The molecule has 1 aliphatic carbocycles. The molecule has 2 unspecified atom stereocenters. The molecule has 33 heavy (non-hydrogen) atoms. The molecule has 9 nitrogen and oxygen atoms in total. The fraction of sp³-hybridized carbons (Fsp3) is 0.478. The minimum absolute atomic E-state index is 0.0762. The predicted molar refractivity (Wildman–Crippen MR) is 125 cm³/mol. The van der Waals surface area contributed by atoms with Gasteiger partial charge < -0.3 is 15.4 Å². The van der Waals surface area contributed by atoms with Crippen molar-refractivity contribution in [2.75, 3.05) is 31.6 Å². The summed E-state index contributed by atoms with van der Waals surface area (Å²) >= 11 is 0. The van der Waals surface area contributed by atoms with Crippen LogP contribution in [0.2, 0.25) is 0 Å². The zero-order valence-electron chi connectivity index (χ0n) is 18.6. The van der Waals surface area contributed by atoms with Gasteiger partial charge in [-0.25, -0.2) is 17.9 Å². The number of hydrogen-bond donors (Lipinski definition) is 3. The molecule has 1 saturated heterocycles. The van der Waals surface area contributed by atoms with Gasteiger partial charge in [-0.05, 0) is 55.2 Å². The molecule has 0 bridgehead atoms. The normalized spacial score (nSPS) is 21.9. The van der Waals surface area contributed by atoms with E-state index in [9.17, 15) is 13.2 Å². The lowest BCUT2D eigenvalue weighted by Crippen LogP contribution is -2.49. The number of nitrogens with one attached hydrogen (secondary N) is 3. The summed E-state index contributed by atoms with van der Waals surface area (Å²) < 4.78 is 34.2. The lowest BCUT2D eigenvalue weighted by Gasteiger charge is -2.39. The molecular formula is C23H31N5O4S. The van der Waals surface area contributed by atoms with E-state index in [2.05, 4.69) is 25.2 Å². The highest BCUT2D eigenvalue weighted by molar-refractivity contribution is 7.89. The van der Waals surface area contributed by atoms with Gasteiger partial charge in [0.15, 0.2) is 0 Å². The van der Waals surface area contributed by atoms with Crippen molar-refractivity contribution < 1.29 is 17.9 Å². The summed E-state index contributed by atoms with van der Waals surface area (Å²) in [4.78, 5) is 18.7. The number of sulfonamides is 1. The Morgan fingerprint density at radius 1 is 1.12 bits per heavy atom. The number of urea groups is 1. The molecule has 2 aromatic rings. The molecule has 2 fully saturated rings. The van der Waals surface area contributed by atoms with Crippen molar-refractivity contribution in [2.24, 2.45) is 0 Å². The number of morpholine rings is 1. The van der Waals surface area contributed by atoms with Crippen molar-refractivity contribution in [3.05, 3.63) is 54.4 Å². The third kappa shape index (κ3) is 6.73. The average molecular weight is 474 g/mol. The van der Waals surface area contributed by atoms with Crippen molar-refractivity contribution in [1.82, 2.24) is 19.9 Å². The maximum absolute atomic E-state index is 12.9. The van der Waals surface area contributed by atoms with Crippen LogP contribution in [0.1, 0.15) is 31.2 Å². The number of ether oxygens (including phenoxy) is 1. The van der Waals surface area contributed by atoms with Crippen molar-refractivity contribution in [3.8, 4) is 0 Å². The number of carbonyl (C=O) groups is 1. The van der Waals surface area contributed by atoms with Crippen molar-refractivity contribution in [1.29, 1.82) is 0 Å². The highest BCUT2D eigenvalue weighted by Gasteiger charge is 2.30. The zero-order chi connectivity index (χ0) is 23.1. The zero-order valence-corrected chi connectivity index (χ0v) is 19.4. The molecule has 0 spiro atoms. The van der Waals surface area contributed by atoms with Crippen molar-refractivity contribution in [2.45, 2.75) is 49.2 Å². The summed E-state index contributed by atoms with van der Waals surface area (Å²) in [5, 5.41) is 5.46. The number of hydrogen-bond acceptors (Lipinski definition) is 6. The van der Waals surface area contributed by atoms with Gasteiger partial charge in [-0.3, -0.25) is 9.88 Å². The van der Waals surface area contributed by atoms with Gasteiger partial charge in [0, 0.05) is 49.8 Å². The summed E-state index contributed by atoms with van der Waals surface area (Å²) in [5.41, 5.74) is 1.40. The van der Waals surface area contributed by atoms with E-state index >= 15 is 0 Å². The molecule has 3 N–H and O–H groups in total. The number of benzene rings is 1. The molecule has 2 amide bonds. The van der Waals surface area contributed by atoms with Crippen LogP contribution in [-0.2, 0) is 21.3 Å². The molecule has 0 radical (unpaired) electrons. The predicted octanol–water partition coefficient (Wildman–Crippen LogP) is 2.33. The summed E-state index contributed by atoms with van der Waals surface area (Å²) in [6, 6.07) is 9.84. The SMILES string of the molecule is O=C(NCc1cccnc1)Nc1ccc(S(=O)(=O)NC2CCCC(N3CCOCC3)C2)cc1. The third-order valence-corrected chi connectivity index (χ3v) is 7.67. The third-order valence-electron chi connectivity index (χ3n) is 6.13. The van der Waals surface area contributed by atoms with Crippen LogP contribution in [0.5, 0.6) is 0 Å². The van der Waals surface area contributed by atoms with Crippen LogP contribution < -0.4 is 15.4 Å². The summed E-state index contributed by atoms with van der Waals surface area (Å²) in [7, 11) is -3.63. The number of rotatable bonds is 7. The van der Waals surface area contributed by atoms with Crippen LogP contribution in [0, 0.1) is 0 Å². The highest BCUT2D eigenvalue weighted by Crippen LogP contribution is 2.25. The van der Waals surface area contributed by atoms with Gasteiger partial charge in [-0.2, -0.15) is 0 Å². The fourth-order valence-electron chi connectivity index (χ4n) is 4.41. The van der Waals surface area contributed by atoms with Crippen molar-refractivity contribution >= 4 is 21.7 Å². The standard InChI is InChI=1S/C23H31N5O4S/c29-23(25-17-18-3-2-10-24-16-18)26-19-6-8-22(9-7-19)33(30,31)27-20-4-1-5-21(15-20)28-11-13-32-14-12-28/h2-3,6-10,16,20-21,27H,1,4-5,11-15,17H2,(H2,25,26,29). The molecule has 2 aliphatic rings. The van der Waals surface area contributed by atoms with Crippen LogP contribution in [0.25, 0.3) is 0 Å². The smallest absolute Gasteiger partial charge is 0.319 e. The van der Waals surface area contributed by atoms with E-state index < -0.39 is 10.0 Å². The highest BCUT2D eigenvalue weighted by atomic mass is 32.2. The Labute approximate surface area is 195 Å². The van der Waals surface area contributed by atoms with E-state index in [1.807, 2.05) is 6.07 Å². The van der Waals surface area contributed by atoms with Gasteiger partial charge >= 0.3 is 6.03 Å². The van der Waals surface area contributed by atoms with Crippen LogP contribution in [0.4, 0.5) is 10.5 Å². The van der Waals surface area contributed by atoms with Crippen LogP contribution in [0.3, 0.4) is 0 Å². The Kier molecular flexibility index (Phi) is 7.92. The second kappa shape index (κ2) is 11.1. The van der Waals surface area contributed by atoms with Gasteiger partial charge in [0.2, 0.25) is 10.0 Å². The molecule has 4 rings (SSSR count). The largest absolute Gasteiger partial charge is 0.379 e. The van der Waals surface area contributed by atoms with E-state index in [1.54, 1.807) is 30.6 Å². The number of anilines is 1. The van der Waals surface area contributed by atoms with Gasteiger partial charge in [0.05, 0.1) is 18.1 Å². The second-order valence-corrected chi connectivity index (χ2v) is 10.2. The minimum atomic E-state index is -3.63. The number of nitrogens with zero attached hydrogens (tertiary/aromatic N) is 2. The fourth-order valence-corrected chi connectivity index (χ4v) is 5.69.